The van der Waals surface area contributed by atoms with Crippen LogP contribution in [-0.2, 0) is 6.42 Å². The predicted molar refractivity (Wildman–Crippen MR) is 121 cm³/mol. The molecule has 0 saturated carbocycles. The molecule has 0 aromatic heterocycles. The van der Waals surface area contributed by atoms with E-state index in [1.807, 2.05) is 18.2 Å². The number of carbonyl (C=O) groups is 1. The quantitative estimate of drug-likeness (QED) is 0.655. The number of phenolic OH excluding ortho intramolecular Hbond substituents is 1. The number of nitrogens with zero attached hydrogens (tertiary/aromatic N) is 2. The number of hydrogen-bond acceptors (Lipinski definition) is 4. The lowest BCUT2D eigenvalue weighted by Crippen LogP contribution is -2.47. The molecule has 3 aromatic rings. The molecule has 5 nitrogen and oxygen atoms in total. The van der Waals surface area contributed by atoms with E-state index in [2.05, 4.69) is 51.5 Å². The Morgan fingerprint density at radius 3 is 2.27 bits per heavy atom. The fourth-order valence-electron chi connectivity index (χ4n) is 3.86. The summed E-state index contributed by atoms with van der Waals surface area (Å²) in [6.07, 6.45) is 0.864. The van der Waals surface area contributed by atoms with E-state index >= 15 is 0 Å². The van der Waals surface area contributed by atoms with Gasteiger partial charge in [0.25, 0.3) is 5.91 Å². The van der Waals surface area contributed by atoms with Gasteiger partial charge in [-0.3, -0.25) is 9.69 Å². The minimum Gasteiger partial charge on any atom is -0.507 e. The fraction of sp³-hybridized carbons (Fsp3) is 0.240. The van der Waals surface area contributed by atoms with Crippen molar-refractivity contribution in [2.75, 3.05) is 42.9 Å². The molecular formula is C25H27N3O2. The van der Waals surface area contributed by atoms with Crippen molar-refractivity contribution < 1.29 is 9.90 Å². The third kappa shape index (κ3) is 4.81. The number of carbonyl (C=O) groups excluding carboxylic acids is 1. The molecule has 0 bridgehead atoms. The molecule has 1 aliphatic heterocycles. The number of para-hydroxylation sites is 3. The van der Waals surface area contributed by atoms with Gasteiger partial charge < -0.3 is 15.3 Å². The number of aromatic hydroxyl groups is 1. The van der Waals surface area contributed by atoms with Crippen molar-refractivity contribution in [2.45, 2.75) is 6.42 Å². The Bertz CT molecular complexity index is 982. The molecule has 5 heteroatoms. The highest BCUT2D eigenvalue weighted by molar-refractivity contribution is 6.06. The summed E-state index contributed by atoms with van der Waals surface area (Å²) < 4.78 is 0. The van der Waals surface area contributed by atoms with Gasteiger partial charge in [0.2, 0.25) is 0 Å². The summed E-state index contributed by atoms with van der Waals surface area (Å²) in [5, 5.41) is 12.9. The van der Waals surface area contributed by atoms with Crippen molar-refractivity contribution in [3.8, 4) is 5.75 Å². The number of benzene rings is 3. The first-order valence-corrected chi connectivity index (χ1v) is 10.4. The van der Waals surface area contributed by atoms with Crippen LogP contribution in [0.2, 0.25) is 0 Å². The number of phenols is 1. The Morgan fingerprint density at radius 1 is 0.833 bits per heavy atom. The number of piperazine rings is 1. The first-order chi connectivity index (χ1) is 14.7. The zero-order valence-corrected chi connectivity index (χ0v) is 17.0. The molecule has 1 fully saturated rings. The van der Waals surface area contributed by atoms with Crippen LogP contribution in [0.3, 0.4) is 0 Å². The third-order valence-corrected chi connectivity index (χ3v) is 5.61. The van der Waals surface area contributed by atoms with Gasteiger partial charge in [-0.2, -0.15) is 0 Å². The van der Waals surface area contributed by atoms with Gasteiger partial charge in [-0.1, -0.05) is 48.5 Å². The SMILES string of the molecule is O=C(Nc1ccccc1CCN1CCN(c2ccccc2)CC1)c1ccccc1O. The van der Waals surface area contributed by atoms with E-state index in [9.17, 15) is 9.90 Å². The second-order valence-electron chi connectivity index (χ2n) is 7.54. The minimum absolute atomic E-state index is 0.0104. The van der Waals surface area contributed by atoms with Crippen LogP contribution in [0.5, 0.6) is 5.75 Å². The molecule has 1 saturated heterocycles. The van der Waals surface area contributed by atoms with Crippen LogP contribution in [0.1, 0.15) is 15.9 Å². The summed E-state index contributed by atoms with van der Waals surface area (Å²) in [7, 11) is 0. The van der Waals surface area contributed by atoms with E-state index in [1.54, 1.807) is 18.2 Å². The standard InChI is InChI=1S/C25H27N3O2/c29-24-13-7-5-11-22(24)25(30)26-23-12-6-4-8-20(23)14-15-27-16-18-28(19-17-27)21-9-2-1-3-10-21/h1-13,29H,14-19H2,(H,26,30). The topological polar surface area (TPSA) is 55.8 Å². The Morgan fingerprint density at radius 2 is 1.50 bits per heavy atom. The lowest BCUT2D eigenvalue weighted by atomic mass is 10.1. The maximum absolute atomic E-state index is 12.6. The molecule has 0 spiro atoms. The summed E-state index contributed by atoms with van der Waals surface area (Å²) in [4.78, 5) is 17.5. The fourth-order valence-corrected chi connectivity index (χ4v) is 3.86. The Labute approximate surface area is 177 Å². The van der Waals surface area contributed by atoms with Crippen LogP contribution in [0, 0.1) is 0 Å². The Balaban J connectivity index is 1.34. The smallest absolute Gasteiger partial charge is 0.259 e. The number of nitrogens with one attached hydrogen (secondary N) is 1. The van der Waals surface area contributed by atoms with Crippen LogP contribution in [0.25, 0.3) is 0 Å². The van der Waals surface area contributed by atoms with Gasteiger partial charge in [-0.05, 0) is 42.3 Å². The van der Waals surface area contributed by atoms with Crippen molar-refractivity contribution in [1.29, 1.82) is 0 Å². The highest BCUT2D eigenvalue weighted by Crippen LogP contribution is 2.21. The van der Waals surface area contributed by atoms with Crippen LogP contribution < -0.4 is 10.2 Å². The molecule has 1 heterocycles. The number of rotatable bonds is 6. The molecule has 1 aliphatic rings. The van der Waals surface area contributed by atoms with Gasteiger partial charge in [0.15, 0.2) is 0 Å². The zero-order valence-electron chi connectivity index (χ0n) is 17.0. The van der Waals surface area contributed by atoms with Crippen molar-refractivity contribution in [2.24, 2.45) is 0 Å². The Hall–Kier alpha value is -3.31. The molecule has 0 radical (unpaired) electrons. The van der Waals surface area contributed by atoms with E-state index in [0.717, 1.165) is 50.4 Å². The van der Waals surface area contributed by atoms with E-state index < -0.39 is 0 Å². The monoisotopic (exact) mass is 401 g/mol. The molecule has 3 aromatic carbocycles. The van der Waals surface area contributed by atoms with Crippen molar-refractivity contribution in [3.63, 3.8) is 0 Å². The largest absolute Gasteiger partial charge is 0.507 e. The summed E-state index contributed by atoms with van der Waals surface area (Å²) in [6.45, 7) is 5.06. The minimum atomic E-state index is -0.294. The third-order valence-electron chi connectivity index (χ3n) is 5.61. The van der Waals surface area contributed by atoms with Gasteiger partial charge in [0, 0.05) is 44.1 Å². The molecule has 30 heavy (non-hydrogen) atoms. The second kappa shape index (κ2) is 9.46. The highest BCUT2D eigenvalue weighted by Gasteiger charge is 2.18. The summed E-state index contributed by atoms with van der Waals surface area (Å²) in [5.41, 5.74) is 3.47. The van der Waals surface area contributed by atoms with Crippen molar-refractivity contribution in [1.82, 2.24) is 4.90 Å². The van der Waals surface area contributed by atoms with Gasteiger partial charge in [0.05, 0.1) is 5.56 Å². The maximum Gasteiger partial charge on any atom is 0.259 e. The average Bonchev–Trinajstić information content (AvgIpc) is 2.80. The highest BCUT2D eigenvalue weighted by atomic mass is 16.3. The van der Waals surface area contributed by atoms with E-state index in [-0.39, 0.29) is 17.2 Å². The van der Waals surface area contributed by atoms with Crippen LogP contribution in [0.4, 0.5) is 11.4 Å². The van der Waals surface area contributed by atoms with E-state index in [1.165, 1.54) is 11.8 Å². The lowest BCUT2D eigenvalue weighted by Gasteiger charge is -2.36. The van der Waals surface area contributed by atoms with Crippen molar-refractivity contribution in [3.05, 3.63) is 90.0 Å². The summed E-state index contributed by atoms with van der Waals surface area (Å²) in [5.74, 6) is -0.305. The lowest BCUT2D eigenvalue weighted by molar-refractivity contribution is 0.102. The summed E-state index contributed by atoms with van der Waals surface area (Å²) >= 11 is 0. The normalized spacial score (nSPS) is 14.5. The molecule has 0 atom stereocenters. The van der Waals surface area contributed by atoms with Gasteiger partial charge >= 0.3 is 0 Å². The van der Waals surface area contributed by atoms with Gasteiger partial charge in [-0.25, -0.2) is 0 Å². The second-order valence-corrected chi connectivity index (χ2v) is 7.54. The van der Waals surface area contributed by atoms with Crippen molar-refractivity contribution >= 4 is 17.3 Å². The molecule has 0 aliphatic carbocycles. The van der Waals surface area contributed by atoms with Crippen LogP contribution >= 0.6 is 0 Å². The molecule has 2 N–H and O–H groups in total. The first-order valence-electron chi connectivity index (χ1n) is 10.4. The van der Waals surface area contributed by atoms with Crippen LogP contribution in [-0.4, -0.2) is 48.6 Å². The molecular weight excluding hydrogens is 374 g/mol. The van der Waals surface area contributed by atoms with E-state index in [0.29, 0.717) is 0 Å². The predicted octanol–water partition coefficient (Wildman–Crippen LogP) is 4.01. The zero-order chi connectivity index (χ0) is 20.8. The number of hydrogen-bond donors (Lipinski definition) is 2. The molecule has 4 rings (SSSR count). The molecule has 1 amide bonds. The molecule has 154 valence electrons. The molecule has 0 unspecified atom stereocenters. The summed E-state index contributed by atoms with van der Waals surface area (Å²) in [6, 6.07) is 25.0. The van der Waals surface area contributed by atoms with Gasteiger partial charge in [0.1, 0.15) is 5.75 Å². The maximum atomic E-state index is 12.6. The number of amides is 1. The van der Waals surface area contributed by atoms with E-state index in [4.69, 9.17) is 0 Å². The van der Waals surface area contributed by atoms with Gasteiger partial charge in [-0.15, -0.1) is 0 Å². The first kappa shape index (κ1) is 20.0. The number of anilines is 2. The Kier molecular flexibility index (Phi) is 6.30. The average molecular weight is 402 g/mol. The van der Waals surface area contributed by atoms with Crippen LogP contribution in [0.15, 0.2) is 78.9 Å².